The summed E-state index contributed by atoms with van der Waals surface area (Å²) in [5, 5.41) is 0. The summed E-state index contributed by atoms with van der Waals surface area (Å²) in [5.41, 5.74) is 6.30. The van der Waals surface area contributed by atoms with Gasteiger partial charge in [-0.2, -0.15) is 0 Å². The number of rotatable bonds is 3. The van der Waals surface area contributed by atoms with Gasteiger partial charge in [-0.25, -0.2) is 0 Å². The molecule has 1 aromatic carbocycles. The van der Waals surface area contributed by atoms with Crippen LogP contribution in [0.2, 0.25) is 0 Å². The molecule has 0 bridgehead atoms. The average Bonchev–Trinajstić information content (AvgIpc) is 2.92. The minimum Gasteiger partial charge on any atom is -0.479 e. The van der Waals surface area contributed by atoms with Gasteiger partial charge < -0.3 is 24.8 Å². The van der Waals surface area contributed by atoms with Crippen molar-refractivity contribution in [1.29, 1.82) is 0 Å². The van der Waals surface area contributed by atoms with Gasteiger partial charge in [-0.3, -0.25) is 9.59 Å². The van der Waals surface area contributed by atoms with Crippen LogP contribution in [0.3, 0.4) is 0 Å². The van der Waals surface area contributed by atoms with Crippen LogP contribution in [0.1, 0.15) is 15.9 Å². The van der Waals surface area contributed by atoms with Crippen LogP contribution >= 0.6 is 15.9 Å². The smallest absolute Gasteiger partial charge is 0.257 e. The number of benzene rings is 1. The van der Waals surface area contributed by atoms with Crippen LogP contribution in [0.5, 0.6) is 17.2 Å². The van der Waals surface area contributed by atoms with E-state index in [-0.39, 0.29) is 25.1 Å². The summed E-state index contributed by atoms with van der Waals surface area (Å²) in [6, 6.07) is 0. The normalized spacial score (nSPS) is 15.9. The van der Waals surface area contributed by atoms with E-state index in [2.05, 4.69) is 15.9 Å². The van der Waals surface area contributed by atoms with E-state index in [1.807, 2.05) is 0 Å². The summed E-state index contributed by atoms with van der Waals surface area (Å²) in [6.07, 6.45) is 0.654. The molecule has 0 spiro atoms. The molecule has 7 nitrogen and oxygen atoms in total. The lowest BCUT2D eigenvalue weighted by Gasteiger charge is -2.27. The van der Waals surface area contributed by atoms with Crippen LogP contribution < -0.4 is 19.9 Å². The molecule has 0 saturated heterocycles. The molecule has 0 atom stereocenters. The van der Waals surface area contributed by atoms with Crippen molar-refractivity contribution in [1.82, 2.24) is 4.90 Å². The Kier molecular flexibility index (Phi) is 3.40. The number of fused-ring (bicyclic) bond motifs is 2. The minimum absolute atomic E-state index is 0.0355. The maximum Gasteiger partial charge on any atom is 0.257 e. The highest BCUT2D eigenvalue weighted by Gasteiger charge is 2.36. The summed E-state index contributed by atoms with van der Waals surface area (Å²) in [4.78, 5) is 25.0. The summed E-state index contributed by atoms with van der Waals surface area (Å²) in [7, 11) is 1.71. The molecule has 2 aliphatic rings. The predicted molar refractivity (Wildman–Crippen MR) is 75.6 cm³/mol. The molecule has 1 aromatic rings. The largest absolute Gasteiger partial charge is 0.479 e. The Bertz CT molecular complexity index is 646. The van der Waals surface area contributed by atoms with E-state index >= 15 is 0 Å². The molecule has 2 heterocycles. The van der Waals surface area contributed by atoms with Crippen LogP contribution in [0, 0.1) is 0 Å². The van der Waals surface area contributed by atoms with Gasteiger partial charge in [0.25, 0.3) is 11.8 Å². The van der Waals surface area contributed by atoms with Crippen molar-refractivity contribution in [3.63, 3.8) is 0 Å². The molecule has 0 fully saturated rings. The van der Waals surface area contributed by atoms with E-state index in [0.717, 1.165) is 5.56 Å². The number of likely N-dealkylation sites (N-methyl/N-ethyl adjacent to an activating group) is 1. The highest BCUT2D eigenvalue weighted by molar-refractivity contribution is 9.10. The topological polar surface area (TPSA) is 91.1 Å². The number of nitrogens with zero attached hydrogens (tertiary/aromatic N) is 1. The first-order valence-electron chi connectivity index (χ1n) is 6.31. The van der Waals surface area contributed by atoms with Crippen LogP contribution in [0.4, 0.5) is 0 Å². The van der Waals surface area contributed by atoms with E-state index in [4.69, 9.17) is 19.9 Å². The molecule has 112 valence electrons. The first kappa shape index (κ1) is 14.0. The molecule has 8 heteroatoms. The SMILES string of the molecule is CN1CCc2c(Br)c3c(c(OCC(N)=O)c2C1=O)OCO3. The van der Waals surface area contributed by atoms with E-state index in [0.29, 0.717) is 34.5 Å². The molecule has 0 unspecified atom stereocenters. The Morgan fingerprint density at radius 2 is 2.14 bits per heavy atom. The number of carbonyl (C=O) groups is 2. The van der Waals surface area contributed by atoms with Gasteiger partial charge in [0.15, 0.2) is 18.1 Å². The molecule has 0 radical (unpaired) electrons. The molecule has 0 aromatic heterocycles. The van der Waals surface area contributed by atoms with Crippen molar-refractivity contribution in [3.8, 4) is 17.2 Å². The van der Waals surface area contributed by atoms with Crippen molar-refractivity contribution < 1.29 is 23.8 Å². The second-order valence-corrected chi connectivity index (χ2v) is 5.59. The zero-order valence-corrected chi connectivity index (χ0v) is 12.9. The monoisotopic (exact) mass is 356 g/mol. The first-order chi connectivity index (χ1) is 10.0. The molecule has 0 aliphatic carbocycles. The molecule has 0 saturated carbocycles. The van der Waals surface area contributed by atoms with Gasteiger partial charge in [0, 0.05) is 13.6 Å². The number of amides is 2. The van der Waals surface area contributed by atoms with E-state index in [9.17, 15) is 9.59 Å². The molecular formula is C13H13BrN2O5. The van der Waals surface area contributed by atoms with Gasteiger partial charge in [0.1, 0.15) is 0 Å². The lowest BCUT2D eigenvalue weighted by molar-refractivity contribution is -0.120. The fourth-order valence-corrected chi connectivity index (χ4v) is 3.11. The highest BCUT2D eigenvalue weighted by Crippen LogP contribution is 2.51. The van der Waals surface area contributed by atoms with Crippen LogP contribution in [0.15, 0.2) is 4.47 Å². The van der Waals surface area contributed by atoms with Crippen LogP contribution in [0.25, 0.3) is 0 Å². The third-order valence-corrected chi connectivity index (χ3v) is 4.27. The van der Waals surface area contributed by atoms with Gasteiger partial charge in [0.05, 0.1) is 10.0 Å². The number of carbonyl (C=O) groups excluding carboxylic acids is 2. The lowest BCUT2D eigenvalue weighted by atomic mass is 9.97. The first-order valence-corrected chi connectivity index (χ1v) is 7.10. The maximum absolute atomic E-state index is 12.4. The van der Waals surface area contributed by atoms with E-state index in [1.165, 1.54) is 0 Å². The molecule has 2 aliphatic heterocycles. The summed E-state index contributed by atoms with van der Waals surface area (Å²) >= 11 is 3.46. The van der Waals surface area contributed by atoms with Gasteiger partial charge in [-0.1, -0.05) is 0 Å². The fraction of sp³-hybridized carbons (Fsp3) is 0.385. The summed E-state index contributed by atoms with van der Waals surface area (Å²) in [6.45, 7) is 0.300. The molecule has 3 rings (SSSR count). The third-order valence-electron chi connectivity index (χ3n) is 3.43. The van der Waals surface area contributed by atoms with Crippen LogP contribution in [-0.4, -0.2) is 43.7 Å². The Morgan fingerprint density at radius 3 is 2.86 bits per heavy atom. The number of hydrogen-bond acceptors (Lipinski definition) is 5. The van der Waals surface area contributed by atoms with Gasteiger partial charge in [-0.05, 0) is 27.9 Å². The predicted octanol–water partition coefficient (Wildman–Crippen LogP) is 0.670. The zero-order valence-electron chi connectivity index (χ0n) is 11.3. The van der Waals surface area contributed by atoms with Crippen LogP contribution in [-0.2, 0) is 11.2 Å². The van der Waals surface area contributed by atoms with Crippen molar-refractivity contribution >= 4 is 27.7 Å². The average molecular weight is 357 g/mol. The summed E-state index contributed by atoms with van der Waals surface area (Å²) in [5.74, 6) is 0.220. The zero-order chi connectivity index (χ0) is 15.1. The molecule has 21 heavy (non-hydrogen) atoms. The van der Waals surface area contributed by atoms with E-state index in [1.54, 1.807) is 11.9 Å². The molecular weight excluding hydrogens is 344 g/mol. The van der Waals surface area contributed by atoms with E-state index < -0.39 is 5.91 Å². The fourth-order valence-electron chi connectivity index (χ4n) is 2.42. The highest BCUT2D eigenvalue weighted by atomic mass is 79.9. The second kappa shape index (κ2) is 5.10. The maximum atomic E-state index is 12.4. The Balaban J connectivity index is 2.18. The number of hydrogen-bond donors (Lipinski definition) is 1. The Morgan fingerprint density at radius 1 is 1.43 bits per heavy atom. The number of halogens is 1. The minimum atomic E-state index is -0.629. The van der Waals surface area contributed by atoms with Crippen molar-refractivity contribution in [2.75, 3.05) is 27.0 Å². The van der Waals surface area contributed by atoms with Crippen molar-refractivity contribution in [2.24, 2.45) is 5.73 Å². The van der Waals surface area contributed by atoms with Crippen molar-refractivity contribution in [3.05, 3.63) is 15.6 Å². The lowest BCUT2D eigenvalue weighted by Crippen LogP contribution is -2.35. The summed E-state index contributed by atoms with van der Waals surface area (Å²) < 4.78 is 16.9. The molecule has 2 amide bonds. The second-order valence-electron chi connectivity index (χ2n) is 4.79. The third kappa shape index (κ3) is 2.19. The number of ether oxygens (including phenoxy) is 3. The number of primary amides is 1. The standard InChI is InChI=1S/C13H13BrN2O5/c1-16-3-2-6-8(13(16)18)10(19-4-7(15)17)12-11(9(6)14)20-5-21-12/h2-5H2,1H3,(H2,15,17). The van der Waals surface area contributed by atoms with Gasteiger partial charge in [0.2, 0.25) is 12.5 Å². The number of nitrogens with two attached hydrogens (primary N) is 1. The quantitative estimate of drug-likeness (QED) is 0.859. The molecule has 2 N–H and O–H groups in total. The Hall–Kier alpha value is -1.96. The Labute approximate surface area is 129 Å². The van der Waals surface area contributed by atoms with Gasteiger partial charge in [-0.15, -0.1) is 0 Å². The van der Waals surface area contributed by atoms with Gasteiger partial charge >= 0.3 is 0 Å². The van der Waals surface area contributed by atoms with Crippen molar-refractivity contribution in [2.45, 2.75) is 6.42 Å².